The van der Waals surface area contributed by atoms with Crippen molar-refractivity contribution in [1.82, 2.24) is 0 Å². The van der Waals surface area contributed by atoms with Gasteiger partial charge in [0.05, 0.1) is 0 Å². The molecule has 0 radical (unpaired) electrons. The molecule has 126 valence electrons. The maximum atomic E-state index is 3.43. The average Bonchev–Trinajstić information content (AvgIpc) is 2.60. The number of rotatable bonds is 3. The molecule has 0 aromatic heterocycles. The molecule has 0 aromatic rings. The Morgan fingerprint density at radius 1 is 0.696 bits per heavy atom. The van der Waals surface area contributed by atoms with Gasteiger partial charge >= 0.3 is 0 Å². The standard InChI is InChI=1S/C23H34/c1-3-9-21-16-18-23(19-17-21)11-8-6-5-7-10-22-14-12-20(4-2)13-15-22/h5-6,20-23H,3-4,9,12-19H2,1-2H3. The van der Waals surface area contributed by atoms with Crippen LogP contribution in [0.2, 0.25) is 0 Å². The van der Waals surface area contributed by atoms with Gasteiger partial charge in [0.25, 0.3) is 0 Å². The average molecular weight is 311 g/mol. The Labute approximate surface area is 144 Å². The molecule has 2 aliphatic rings. The highest BCUT2D eigenvalue weighted by atomic mass is 14.2. The van der Waals surface area contributed by atoms with E-state index in [1.165, 1.54) is 70.6 Å². The van der Waals surface area contributed by atoms with Crippen molar-refractivity contribution in [3.05, 3.63) is 12.2 Å². The van der Waals surface area contributed by atoms with Crippen LogP contribution in [-0.2, 0) is 0 Å². The van der Waals surface area contributed by atoms with E-state index >= 15 is 0 Å². The predicted molar refractivity (Wildman–Crippen MR) is 101 cm³/mol. The lowest BCUT2D eigenvalue weighted by molar-refractivity contribution is 0.300. The molecule has 2 rings (SSSR count). The van der Waals surface area contributed by atoms with Gasteiger partial charge in [0.15, 0.2) is 0 Å². The normalized spacial score (nSPS) is 31.0. The van der Waals surface area contributed by atoms with Crippen LogP contribution in [0.1, 0.15) is 84.5 Å². The quantitative estimate of drug-likeness (QED) is 0.531. The van der Waals surface area contributed by atoms with Crippen LogP contribution in [0.5, 0.6) is 0 Å². The Bertz CT molecular complexity index is 460. The zero-order valence-corrected chi connectivity index (χ0v) is 15.2. The summed E-state index contributed by atoms with van der Waals surface area (Å²) in [6.07, 6.45) is 18.7. The van der Waals surface area contributed by atoms with Gasteiger partial charge in [-0.05, 0) is 75.4 Å². The zero-order chi connectivity index (χ0) is 16.3. The summed E-state index contributed by atoms with van der Waals surface area (Å²) < 4.78 is 0. The minimum Gasteiger partial charge on any atom is -0.0951 e. The molecule has 2 saturated carbocycles. The van der Waals surface area contributed by atoms with Crippen molar-refractivity contribution in [2.24, 2.45) is 23.7 Å². The van der Waals surface area contributed by atoms with E-state index < -0.39 is 0 Å². The van der Waals surface area contributed by atoms with Crippen molar-refractivity contribution >= 4 is 0 Å². The molecule has 0 heterocycles. The Balaban J connectivity index is 1.65. The van der Waals surface area contributed by atoms with Crippen LogP contribution in [-0.4, -0.2) is 0 Å². The molecule has 2 aliphatic carbocycles. The second kappa shape index (κ2) is 10.6. The summed E-state index contributed by atoms with van der Waals surface area (Å²) in [4.78, 5) is 0. The molecule has 0 heteroatoms. The highest BCUT2D eigenvalue weighted by molar-refractivity contribution is 5.26. The molecule has 0 unspecified atom stereocenters. The van der Waals surface area contributed by atoms with Gasteiger partial charge in [-0.2, -0.15) is 0 Å². The van der Waals surface area contributed by atoms with Crippen molar-refractivity contribution in [2.45, 2.75) is 84.5 Å². The van der Waals surface area contributed by atoms with Crippen LogP contribution in [0.4, 0.5) is 0 Å². The second-order valence-corrected chi connectivity index (χ2v) is 7.54. The molecule has 0 spiro atoms. The molecule has 0 bridgehead atoms. The number of hydrogen-bond acceptors (Lipinski definition) is 0. The number of allylic oxidation sites excluding steroid dienone is 2. The smallest absolute Gasteiger partial charge is 0.0206 e. The topological polar surface area (TPSA) is 0 Å². The summed E-state index contributed by atoms with van der Waals surface area (Å²) in [5, 5.41) is 0. The van der Waals surface area contributed by atoms with E-state index in [-0.39, 0.29) is 0 Å². The van der Waals surface area contributed by atoms with Gasteiger partial charge < -0.3 is 0 Å². The van der Waals surface area contributed by atoms with Crippen molar-refractivity contribution in [3.63, 3.8) is 0 Å². The molecule has 0 aromatic carbocycles. The summed E-state index contributed by atoms with van der Waals surface area (Å²) in [5.41, 5.74) is 0. The Kier molecular flexibility index (Phi) is 8.39. The molecular weight excluding hydrogens is 276 g/mol. The van der Waals surface area contributed by atoms with Gasteiger partial charge in [0.2, 0.25) is 0 Å². The lowest BCUT2D eigenvalue weighted by atomic mass is 9.80. The first-order chi connectivity index (χ1) is 11.3. The second-order valence-electron chi connectivity index (χ2n) is 7.54. The highest BCUT2D eigenvalue weighted by Gasteiger charge is 2.19. The minimum atomic E-state index is 0.629. The highest BCUT2D eigenvalue weighted by Crippen LogP contribution is 2.31. The number of hydrogen-bond donors (Lipinski definition) is 0. The van der Waals surface area contributed by atoms with Gasteiger partial charge in [0.1, 0.15) is 0 Å². The summed E-state index contributed by atoms with van der Waals surface area (Å²) in [5.74, 6) is 16.5. The summed E-state index contributed by atoms with van der Waals surface area (Å²) in [7, 11) is 0. The van der Waals surface area contributed by atoms with Crippen molar-refractivity contribution in [2.75, 3.05) is 0 Å². The maximum Gasteiger partial charge on any atom is 0.0206 e. The molecular formula is C23H34. The lowest BCUT2D eigenvalue weighted by Gasteiger charge is -2.25. The fraction of sp³-hybridized carbons (Fsp3) is 0.739. The zero-order valence-electron chi connectivity index (χ0n) is 15.2. The van der Waals surface area contributed by atoms with Crippen molar-refractivity contribution in [3.8, 4) is 23.7 Å². The maximum absolute atomic E-state index is 3.43. The van der Waals surface area contributed by atoms with Crippen LogP contribution in [0, 0.1) is 47.4 Å². The van der Waals surface area contributed by atoms with Gasteiger partial charge in [-0.25, -0.2) is 0 Å². The molecule has 0 saturated heterocycles. The van der Waals surface area contributed by atoms with E-state index in [9.17, 15) is 0 Å². The van der Waals surface area contributed by atoms with Crippen LogP contribution in [0.3, 0.4) is 0 Å². The first-order valence-electron chi connectivity index (χ1n) is 9.98. The fourth-order valence-electron chi connectivity index (χ4n) is 4.13. The summed E-state index contributed by atoms with van der Waals surface area (Å²) >= 11 is 0. The molecule has 0 aliphatic heterocycles. The Morgan fingerprint density at radius 2 is 1.17 bits per heavy atom. The van der Waals surface area contributed by atoms with Crippen LogP contribution < -0.4 is 0 Å². The minimum absolute atomic E-state index is 0.629. The van der Waals surface area contributed by atoms with Gasteiger partial charge in [-0.15, -0.1) is 0 Å². The molecule has 23 heavy (non-hydrogen) atoms. The first kappa shape index (κ1) is 18.2. The predicted octanol–water partition coefficient (Wildman–Crippen LogP) is 6.37. The molecule has 0 N–H and O–H groups in total. The largest absolute Gasteiger partial charge is 0.0951 e. The van der Waals surface area contributed by atoms with Crippen LogP contribution >= 0.6 is 0 Å². The van der Waals surface area contributed by atoms with Gasteiger partial charge in [-0.1, -0.05) is 56.8 Å². The lowest BCUT2D eigenvalue weighted by Crippen LogP contribution is -2.12. The van der Waals surface area contributed by atoms with E-state index in [0.717, 1.165) is 11.8 Å². The van der Waals surface area contributed by atoms with E-state index in [1.54, 1.807) is 0 Å². The van der Waals surface area contributed by atoms with Crippen molar-refractivity contribution < 1.29 is 0 Å². The first-order valence-corrected chi connectivity index (χ1v) is 9.98. The SMILES string of the molecule is CCCC1CCC(C#CC=CC#CC2CCC(CC)CC2)CC1. The monoisotopic (exact) mass is 310 g/mol. The Hall–Kier alpha value is -1.14. The van der Waals surface area contributed by atoms with Crippen LogP contribution in [0.25, 0.3) is 0 Å². The molecule has 2 fully saturated rings. The van der Waals surface area contributed by atoms with Crippen molar-refractivity contribution in [1.29, 1.82) is 0 Å². The third-order valence-electron chi connectivity index (χ3n) is 5.79. The van der Waals surface area contributed by atoms with Gasteiger partial charge in [0, 0.05) is 11.8 Å². The van der Waals surface area contributed by atoms with E-state index in [2.05, 4.69) is 37.5 Å². The van der Waals surface area contributed by atoms with E-state index in [4.69, 9.17) is 0 Å². The summed E-state index contributed by atoms with van der Waals surface area (Å²) in [6.45, 7) is 4.61. The van der Waals surface area contributed by atoms with Gasteiger partial charge in [-0.3, -0.25) is 0 Å². The Morgan fingerprint density at radius 3 is 1.61 bits per heavy atom. The molecule has 0 amide bonds. The van der Waals surface area contributed by atoms with E-state index in [0.29, 0.717) is 11.8 Å². The van der Waals surface area contributed by atoms with Crippen LogP contribution in [0.15, 0.2) is 12.2 Å². The van der Waals surface area contributed by atoms with E-state index in [1.807, 2.05) is 12.2 Å². The molecule has 0 atom stereocenters. The third kappa shape index (κ3) is 6.87. The molecule has 0 nitrogen and oxygen atoms in total. The fourth-order valence-corrected chi connectivity index (χ4v) is 4.13. The summed E-state index contributed by atoms with van der Waals surface area (Å²) in [6, 6.07) is 0. The third-order valence-corrected chi connectivity index (χ3v) is 5.79.